The normalized spacial score (nSPS) is 29.8. The van der Waals surface area contributed by atoms with Crippen molar-refractivity contribution in [3.8, 4) is 0 Å². The largest absolute Gasteiger partial charge is 0.374 e. The van der Waals surface area contributed by atoms with Crippen molar-refractivity contribution in [3.63, 3.8) is 0 Å². The van der Waals surface area contributed by atoms with Crippen molar-refractivity contribution < 1.29 is 13.9 Å². The molecule has 0 saturated carbocycles. The van der Waals surface area contributed by atoms with Gasteiger partial charge in [-0.3, -0.25) is 4.79 Å². The highest BCUT2D eigenvalue weighted by atomic mass is 19.1. The number of ether oxygens (including phenoxy) is 1. The third kappa shape index (κ3) is 2.07. The predicted molar refractivity (Wildman–Crippen MR) is 65.9 cm³/mol. The molecule has 2 aliphatic rings. The zero-order valence-electron chi connectivity index (χ0n) is 10.5. The van der Waals surface area contributed by atoms with E-state index in [0.29, 0.717) is 6.42 Å². The lowest BCUT2D eigenvalue weighted by molar-refractivity contribution is -0.123. The average molecular weight is 248 g/mol. The fraction of sp³-hybridized carbons (Fsp3) is 0.533. The fourth-order valence-corrected chi connectivity index (χ4v) is 3.13. The first kappa shape index (κ1) is 11.8. The van der Waals surface area contributed by atoms with Crippen molar-refractivity contribution in [1.29, 1.82) is 0 Å². The standard InChI is InChI=1S/C15H17FO2/c1-9-2-3-11(16)6-10(9)7-14(17)13-8-12-4-5-15(13)18-12/h2-3,6,12-13,15H,4-5,7-8H2,1H3. The second-order valence-electron chi connectivity index (χ2n) is 5.43. The van der Waals surface area contributed by atoms with Crippen molar-refractivity contribution >= 4 is 5.78 Å². The maximum atomic E-state index is 13.2. The number of aryl methyl sites for hydroxylation is 1. The highest BCUT2D eigenvalue weighted by Gasteiger charge is 2.43. The third-order valence-electron chi connectivity index (χ3n) is 4.20. The molecule has 2 fully saturated rings. The minimum absolute atomic E-state index is 0.0337. The van der Waals surface area contributed by atoms with Crippen molar-refractivity contribution in [2.45, 2.75) is 44.8 Å². The van der Waals surface area contributed by atoms with Gasteiger partial charge in [-0.2, -0.15) is 0 Å². The number of fused-ring (bicyclic) bond motifs is 2. The van der Waals surface area contributed by atoms with Gasteiger partial charge in [0.1, 0.15) is 11.6 Å². The minimum atomic E-state index is -0.271. The molecule has 0 aromatic heterocycles. The molecule has 3 atom stereocenters. The lowest BCUT2D eigenvalue weighted by Gasteiger charge is -2.17. The van der Waals surface area contributed by atoms with E-state index in [1.165, 1.54) is 12.1 Å². The van der Waals surface area contributed by atoms with Crippen LogP contribution in [0.5, 0.6) is 0 Å². The summed E-state index contributed by atoms with van der Waals surface area (Å²) in [5.41, 5.74) is 1.79. The average Bonchev–Trinajstić information content (AvgIpc) is 2.96. The molecule has 0 aliphatic carbocycles. The second-order valence-corrected chi connectivity index (χ2v) is 5.43. The molecule has 0 amide bonds. The lowest BCUT2D eigenvalue weighted by atomic mass is 9.84. The van der Waals surface area contributed by atoms with Crippen molar-refractivity contribution in [2.24, 2.45) is 5.92 Å². The van der Waals surface area contributed by atoms with Gasteiger partial charge in [0.05, 0.1) is 12.2 Å². The van der Waals surface area contributed by atoms with Gasteiger partial charge in [0, 0.05) is 12.3 Å². The highest BCUT2D eigenvalue weighted by molar-refractivity contribution is 5.84. The molecule has 2 bridgehead atoms. The van der Waals surface area contributed by atoms with Crippen LogP contribution in [0.4, 0.5) is 4.39 Å². The maximum Gasteiger partial charge on any atom is 0.143 e. The molecule has 1 aromatic carbocycles. The molecule has 2 aliphatic heterocycles. The van der Waals surface area contributed by atoms with Crippen LogP contribution in [0.15, 0.2) is 18.2 Å². The molecular formula is C15H17FO2. The van der Waals surface area contributed by atoms with Gasteiger partial charge in [-0.15, -0.1) is 0 Å². The summed E-state index contributed by atoms with van der Waals surface area (Å²) in [6.07, 6.45) is 3.70. The summed E-state index contributed by atoms with van der Waals surface area (Å²) in [6.45, 7) is 1.92. The summed E-state index contributed by atoms with van der Waals surface area (Å²) < 4.78 is 18.9. The molecule has 3 heteroatoms. The Balaban J connectivity index is 1.72. The maximum absolute atomic E-state index is 13.2. The molecule has 3 unspecified atom stereocenters. The van der Waals surface area contributed by atoms with Crippen LogP contribution in [0.2, 0.25) is 0 Å². The van der Waals surface area contributed by atoms with Crippen LogP contribution in [0.25, 0.3) is 0 Å². The van der Waals surface area contributed by atoms with Gasteiger partial charge in [-0.25, -0.2) is 4.39 Å². The number of halogens is 1. The molecule has 0 spiro atoms. The van der Waals surface area contributed by atoms with Gasteiger partial charge in [0.2, 0.25) is 0 Å². The SMILES string of the molecule is Cc1ccc(F)cc1CC(=O)C1CC2CCC1O2. The van der Waals surface area contributed by atoms with E-state index in [1.54, 1.807) is 6.07 Å². The Kier molecular flexibility index (Phi) is 2.94. The quantitative estimate of drug-likeness (QED) is 0.822. The first-order valence-corrected chi connectivity index (χ1v) is 6.56. The Morgan fingerprint density at radius 3 is 2.94 bits per heavy atom. The Bertz CT molecular complexity index is 483. The molecule has 96 valence electrons. The number of carbonyl (C=O) groups excluding carboxylic acids is 1. The van der Waals surface area contributed by atoms with E-state index < -0.39 is 0 Å². The van der Waals surface area contributed by atoms with Crippen LogP contribution >= 0.6 is 0 Å². The van der Waals surface area contributed by atoms with Gasteiger partial charge in [-0.05, 0) is 49.4 Å². The Labute approximate surface area is 106 Å². The third-order valence-corrected chi connectivity index (χ3v) is 4.20. The Morgan fingerprint density at radius 1 is 1.44 bits per heavy atom. The van der Waals surface area contributed by atoms with E-state index in [4.69, 9.17) is 4.74 Å². The number of rotatable bonds is 3. The van der Waals surface area contributed by atoms with Crippen molar-refractivity contribution in [1.82, 2.24) is 0 Å². The van der Waals surface area contributed by atoms with E-state index in [0.717, 1.165) is 30.4 Å². The zero-order chi connectivity index (χ0) is 12.7. The number of carbonyl (C=O) groups is 1. The van der Waals surface area contributed by atoms with E-state index in [1.807, 2.05) is 6.92 Å². The minimum Gasteiger partial charge on any atom is -0.374 e. The summed E-state index contributed by atoms with van der Waals surface area (Å²) >= 11 is 0. The molecule has 1 aromatic rings. The summed E-state index contributed by atoms with van der Waals surface area (Å²) in [7, 11) is 0. The number of ketones is 1. The topological polar surface area (TPSA) is 26.3 Å². The van der Waals surface area contributed by atoms with Crippen LogP contribution in [0, 0.1) is 18.7 Å². The number of benzene rings is 1. The molecule has 3 rings (SSSR count). The highest BCUT2D eigenvalue weighted by Crippen LogP contribution is 2.39. The van der Waals surface area contributed by atoms with Gasteiger partial charge >= 0.3 is 0 Å². The fourth-order valence-electron chi connectivity index (χ4n) is 3.13. The Hall–Kier alpha value is -1.22. The second kappa shape index (κ2) is 4.47. The van der Waals surface area contributed by atoms with Crippen LogP contribution in [-0.4, -0.2) is 18.0 Å². The van der Waals surface area contributed by atoms with E-state index in [2.05, 4.69) is 0 Å². The zero-order valence-corrected chi connectivity index (χ0v) is 10.5. The lowest BCUT2D eigenvalue weighted by Crippen LogP contribution is -2.26. The smallest absolute Gasteiger partial charge is 0.143 e. The van der Waals surface area contributed by atoms with E-state index in [9.17, 15) is 9.18 Å². The van der Waals surface area contributed by atoms with Crippen LogP contribution in [0.1, 0.15) is 30.4 Å². The molecule has 2 nitrogen and oxygen atoms in total. The van der Waals surface area contributed by atoms with E-state index >= 15 is 0 Å². The first-order valence-electron chi connectivity index (χ1n) is 6.56. The number of Topliss-reactive ketones (excluding diaryl/α,β-unsaturated/α-hetero) is 1. The van der Waals surface area contributed by atoms with Gasteiger partial charge in [-0.1, -0.05) is 6.07 Å². The number of hydrogen-bond donors (Lipinski definition) is 0. The van der Waals surface area contributed by atoms with Crippen LogP contribution in [0.3, 0.4) is 0 Å². The summed E-state index contributed by atoms with van der Waals surface area (Å²) in [4.78, 5) is 12.3. The molecule has 0 radical (unpaired) electrons. The molecule has 2 saturated heterocycles. The number of hydrogen-bond acceptors (Lipinski definition) is 2. The summed E-state index contributed by atoms with van der Waals surface area (Å²) in [5.74, 6) is -0.0325. The first-order chi connectivity index (χ1) is 8.63. The van der Waals surface area contributed by atoms with Crippen LogP contribution < -0.4 is 0 Å². The molecule has 2 heterocycles. The van der Waals surface area contributed by atoms with Gasteiger partial charge in [0.25, 0.3) is 0 Å². The van der Waals surface area contributed by atoms with Gasteiger partial charge in [0.15, 0.2) is 0 Å². The van der Waals surface area contributed by atoms with Gasteiger partial charge < -0.3 is 4.74 Å². The monoisotopic (exact) mass is 248 g/mol. The Morgan fingerprint density at radius 2 is 2.28 bits per heavy atom. The van der Waals surface area contributed by atoms with Crippen molar-refractivity contribution in [3.05, 3.63) is 35.1 Å². The summed E-state index contributed by atoms with van der Waals surface area (Å²) in [6, 6.07) is 4.64. The predicted octanol–water partition coefficient (Wildman–Crippen LogP) is 2.81. The van der Waals surface area contributed by atoms with E-state index in [-0.39, 0.29) is 29.7 Å². The van der Waals surface area contributed by atoms with Crippen molar-refractivity contribution in [2.75, 3.05) is 0 Å². The van der Waals surface area contributed by atoms with Crippen LogP contribution in [-0.2, 0) is 16.0 Å². The summed E-state index contributed by atoms with van der Waals surface area (Å²) in [5, 5.41) is 0. The molecule has 0 N–H and O–H groups in total. The molecular weight excluding hydrogens is 231 g/mol. The molecule has 18 heavy (non-hydrogen) atoms.